The number of aliphatic hydroxyl groups is 1. The molecule has 1 aliphatic carbocycles. The molecule has 3 heterocycles. The van der Waals surface area contributed by atoms with Crippen molar-refractivity contribution in [2.45, 2.75) is 186 Å². The van der Waals surface area contributed by atoms with E-state index in [1.54, 1.807) is 63.4 Å². The van der Waals surface area contributed by atoms with E-state index in [4.69, 9.17) is 45.8 Å². The summed E-state index contributed by atoms with van der Waals surface area (Å²) in [5.74, 6) is -3.34. The lowest BCUT2D eigenvalue weighted by Crippen LogP contribution is -2.53. The van der Waals surface area contributed by atoms with Gasteiger partial charge in [-0.2, -0.15) is 0 Å². The topological polar surface area (TPSA) is 281 Å². The molecule has 4 aliphatic rings. The summed E-state index contributed by atoms with van der Waals surface area (Å²) in [6.07, 6.45) is 5.37. The van der Waals surface area contributed by atoms with Gasteiger partial charge in [-0.05, 0) is 129 Å². The zero-order valence-corrected chi connectivity index (χ0v) is 51.5. The molecule has 6 rings (SSSR count). The highest BCUT2D eigenvalue weighted by Gasteiger charge is 2.64. The van der Waals surface area contributed by atoms with Gasteiger partial charge in [0.1, 0.15) is 46.1 Å². The van der Waals surface area contributed by atoms with Crippen LogP contribution in [0.5, 0.6) is 5.75 Å². The first-order chi connectivity index (χ1) is 39.2. The van der Waals surface area contributed by atoms with Gasteiger partial charge < -0.3 is 54.8 Å². The van der Waals surface area contributed by atoms with Gasteiger partial charge in [-0.3, -0.25) is 34.1 Å². The largest absolute Gasteiger partial charge is 0.495 e. The van der Waals surface area contributed by atoms with Crippen LogP contribution in [0.15, 0.2) is 58.6 Å². The molecule has 6 N–H and O–H groups in total. The second-order valence-corrected chi connectivity index (χ2v) is 24.5. The Balaban J connectivity index is 1.15. The van der Waals surface area contributed by atoms with Gasteiger partial charge in [-0.15, -0.1) is 0 Å². The molecule has 2 saturated heterocycles. The van der Waals surface area contributed by atoms with Gasteiger partial charge in [-0.25, -0.2) is 9.59 Å². The third-order valence-electron chi connectivity index (χ3n) is 16.4. The number of amides is 5. The number of methoxy groups -OCH3 is 2. The van der Waals surface area contributed by atoms with Crippen molar-refractivity contribution in [2.24, 2.45) is 29.4 Å². The summed E-state index contributed by atoms with van der Waals surface area (Å²) in [4.78, 5) is 108. The number of rotatable bonds is 23. The van der Waals surface area contributed by atoms with Crippen molar-refractivity contribution in [1.29, 1.82) is 0 Å². The third kappa shape index (κ3) is 18.1. The number of ketones is 2. The summed E-state index contributed by atoms with van der Waals surface area (Å²) in [7, 11) is 4.48. The summed E-state index contributed by atoms with van der Waals surface area (Å²) in [6.45, 7) is 11.1. The number of allylic oxidation sites excluding steroid dienone is 3. The molecule has 3 aliphatic heterocycles. The number of Topliss-reactive ketones (excluding diaryl/α,β-unsaturated/α-hetero) is 2. The molecule has 0 aromatic heterocycles. The summed E-state index contributed by atoms with van der Waals surface area (Å²) in [6, 6.07) is 6.65. The number of esters is 2. The maximum atomic E-state index is 14.5. The maximum Gasteiger partial charge on any atom is 0.412 e. The molecule has 22 heteroatoms. The van der Waals surface area contributed by atoms with Gasteiger partial charge in [0, 0.05) is 62.7 Å². The van der Waals surface area contributed by atoms with Crippen molar-refractivity contribution in [1.82, 2.24) is 10.6 Å². The van der Waals surface area contributed by atoms with Crippen molar-refractivity contribution < 1.29 is 71.9 Å². The Hall–Kier alpha value is -5.87. The number of nitrogens with two attached hydrogens (primary N) is 1. The van der Waals surface area contributed by atoms with Crippen LogP contribution < -0.4 is 31.3 Å². The Morgan fingerprint density at radius 3 is 2.41 bits per heavy atom. The highest BCUT2D eigenvalue weighted by molar-refractivity contribution is 9.10. The number of halogens is 2. The number of unbranched alkanes of at least 4 members (excludes halogenated alkanes) is 1. The van der Waals surface area contributed by atoms with E-state index in [-0.39, 0.29) is 97.7 Å². The first-order valence-corrected chi connectivity index (χ1v) is 29.9. The molecule has 0 radical (unpaired) electrons. The Morgan fingerprint density at radius 1 is 1.02 bits per heavy atom. The van der Waals surface area contributed by atoms with Crippen molar-refractivity contribution >= 4 is 86.3 Å². The van der Waals surface area contributed by atoms with E-state index in [0.717, 1.165) is 30.4 Å². The van der Waals surface area contributed by atoms with Crippen LogP contribution in [0.4, 0.5) is 21.0 Å². The van der Waals surface area contributed by atoms with Gasteiger partial charge in [0.25, 0.3) is 0 Å². The lowest BCUT2D eigenvalue weighted by atomic mass is 9.78. The van der Waals surface area contributed by atoms with Crippen LogP contribution in [0.1, 0.15) is 136 Å². The number of ether oxygens (including phenoxy) is 6. The van der Waals surface area contributed by atoms with Gasteiger partial charge in [-0.1, -0.05) is 68.7 Å². The van der Waals surface area contributed by atoms with Crippen LogP contribution in [-0.2, 0) is 65.3 Å². The predicted molar refractivity (Wildman–Crippen MR) is 315 cm³/mol. The average Bonchev–Trinajstić information content (AvgIpc) is 4.13. The number of benzene rings is 2. The molecule has 1 saturated carbocycles. The zero-order valence-electron chi connectivity index (χ0n) is 49.1. The molecule has 0 spiro atoms. The van der Waals surface area contributed by atoms with E-state index in [2.05, 4.69) is 31.9 Å². The second-order valence-electron chi connectivity index (χ2n) is 23.3. The number of urea groups is 1. The SMILES string of the molecule is COc1cc2cc(c1Cl)N(C)C(=O)C[C@H](OC(=O)Nc1ccc(CC(=O)[C@H](CCCNC(N)=O)NC(=O)[C@@H](CC(=O)CCCCC(C)OC(=O)C3CCC3)C(C)C)cc1Br)[C@]1(C)O[C@H]1[C@H](C)[C@@H]1C[C@@](O)(CC(=O)O1)[C@H](OC)/C=C/C=C(\C)C2. The number of fused-ring (bicyclic) bond motifs is 5. The number of hydrogen-bond donors (Lipinski definition) is 5. The average molecular weight is 1240 g/mol. The molecule has 4 bridgehead atoms. The molecule has 2 aromatic carbocycles. The smallest absolute Gasteiger partial charge is 0.412 e. The molecule has 2 aromatic rings. The number of nitrogens with zero attached hydrogens (tertiary/aromatic N) is 1. The third-order valence-corrected chi connectivity index (χ3v) is 17.5. The van der Waals surface area contributed by atoms with Crippen LogP contribution >= 0.6 is 27.5 Å². The zero-order chi connectivity index (χ0) is 60.9. The van der Waals surface area contributed by atoms with Gasteiger partial charge in [0.15, 0.2) is 5.78 Å². The van der Waals surface area contributed by atoms with E-state index >= 15 is 0 Å². The van der Waals surface area contributed by atoms with E-state index in [9.17, 15) is 43.5 Å². The van der Waals surface area contributed by atoms with E-state index in [1.807, 2.05) is 33.8 Å². The first-order valence-electron chi connectivity index (χ1n) is 28.7. The molecular weight excluding hydrogens is 1160 g/mol. The molecule has 3 fully saturated rings. The number of carbonyl (C=O) groups is 8. The van der Waals surface area contributed by atoms with Crippen molar-refractivity contribution in [3.63, 3.8) is 0 Å². The number of hydrogen-bond acceptors (Lipinski definition) is 15. The summed E-state index contributed by atoms with van der Waals surface area (Å²) >= 11 is 10.4. The van der Waals surface area contributed by atoms with Crippen LogP contribution in [-0.4, -0.2) is 128 Å². The molecule has 5 amide bonds. The lowest BCUT2D eigenvalue weighted by Gasteiger charge is -2.41. The molecule has 83 heavy (non-hydrogen) atoms. The van der Waals surface area contributed by atoms with Crippen molar-refractivity contribution in [3.8, 4) is 5.75 Å². The van der Waals surface area contributed by atoms with Crippen LogP contribution in [0.3, 0.4) is 0 Å². The summed E-state index contributed by atoms with van der Waals surface area (Å²) < 4.78 is 35.6. The molecular formula is C61H83BrClN5O15. The number of carbonyl (C=O) groups excluding carboxylic acids is 8. The standard InChI is InChI=1S/C61H83BrClN5O15/c1-34(2)42(30-41(69)19-11-10-16-36(4)80-57(74)40-17-13-18-40)56(73)66-45(20-14-24-65-58(64)75)47(70)28-38-22-23-44(43(62)26-38)67-59(76)82-51-31-52(71)68(7)46-27-39(29-48(78-8)54(46)63)25-35(3)15-12-21-50(79-9)61(77)32-49(81-53(72)33-61)37(5)55-60(51,6)83-55/h12,15,21-23,26-27,29,34,36-37,40,42,45,49-51,55,77H,10-11,13-14,16-20,24-25,28,30-33H2,1-9H3,(H,66,73)(H,67,76)(H3,64,65,75)/b21-12+,35-15+/t36?,37-,42+,45+,49+,50-,51+,55+,60+,61-/m1/s1. The minimum absolute atomic E-state index is 0.00347. The van der Waals surface area contributed by atoms with Crippen LogP contribution in [0, 0.1) is 23.7 Å². The Bertz CT molecular complexity index is 2770. The quantitative estimate of drug-likeness (QED) is 0.0300. The Labute approximate surface area is 500 Å². The fourth-order valence-electron chi connectivity index (χ4n) is 11.1. The van der Waals surface area contributed by atoms with Crippen LogP contribution in [0.2, 0.25) is 5.02 Å². The minimum Gasteiger partial charge on any atom is -0.495 e. The fourth-order valence-corrected chi connectivity index (χ4v) is 11.9. The second kappa shape index (κ2) is 29.8. The number of primary amides is 1. The molecule has 20 nitrogen and oxygen atoms in total. The van der Waals surface area contributed by atoms with Gasteiger partial charge in [0.2, 0.25) is 11.8 Å². The normalized spacial score (nSPS) is 25.9. The number of epoxide rings is 1. The number of nitrogens with one attached hydrogen (secondary N) is 3. The summed E-state index contributed by atoms with van der Waals surface area (Å²) in [5.41, 5.74) is 5.15. The van der Waals surface area contributed by atoms with E-state index < -0.39 is 83.4 Å². The fraction of sp³-hybridized carbons (Fsp3) is 0.607. The summed E-state index contributed by atoms with van der Waals surface area (Å²) in [5, 5.41) is 20.3. The lowest BCUT2D eigenvalue weighted by molar-refractivity contribution is -0.187. The molecule has 1 unspecified atom stereocenters. The predicted octanol–water partition coefficient (Wildman–Crippen LogP) is 8.95. The van der Waals surface area contributed by atoms with E-state index in [0.29, 0.717) is 53.6 Å². The van der Waals surface area contributed by atoms with Gasteiger partial charge >= 0.3 is 24.1 Å². The monoisotopic (exact) mass is 1240 g/mol. The number of anilines is 2. The van der Waals surface area contributed by atoms with Crippen molar-refractivity contribution in [3.05, 3.63) is 74.8 Å². The molecule has 10 atom stereocenters. The Morgan fingerprint density at radius 2 is 1.76 bits per heavy atom. The van der Waals surface area contributed by atoms with E-state index in [1.165, 1.54) is 19.1 Å². The Kier molecular flexibility index (Phi) is 23.8. The highest BCUT2D eigenvalue weighted by atomic mass is 79.9. The maximum absolute atomic E-state index is 14.5. The van der Waals surface area contributed by atoms with Gasteiger partial charge in [0.05, 0.1) is 55.5 Å². The highest BCUT2D eigenvalue weighted by Crippen LogP contribution is 2.50. The molecule has 456 valence electrons. The van der Waals surface area contributed by atoms with Crippen LogP contribution in [0.25, 0.3) is 0 Å². The van der Waals surface area contributed by atoms with Crippen molar-refractivity contribution in [2.75, 3.05) is 38.0 Å². The first kappa shape index (κ1) is 66.3. The minimum atomic E-state index is -1.64.